The van der Waals surface area contributed by atoms with E-state index in [-0.39, 0.29) is 7.33 Å². The third-order valence-corrected chi connectivity index (χ3v) is 1.28. The van der Waals surface area contributed by atoms with E-state index in [4.69, 9.17) is 5.73 Å². The van der Waals surface area contributed by atoms with Gasteiger partial charge in [0, 0.05) is 7.00 Å². The molecule has 0 aliphatic heterocycles. The third-order valence-electron chi connectivity index (χ3n) is 1.28. The maximum absolute atomic E-state index is 10.5. The van der Waals surface area contributed by atoms with Gasteiger partial charge in [0.25, 0.3) is 0 Å². The van der Waals surface area contributed by atoms with Gasteiger partial charge in [0.15, 0.2) is 0 Å². The zero-order chi connectivity index (χ0) is 6.69. The molecule has 0 aromatic rings. The summed E-state index contributed by atoms with van der Waals surface area (Å²) in [5.41, 5.74) is 5.65. The van der Waals surface area contributed by atoms with Gasteiger partial charge in [-0.3, -0.25) is 4.79 Å². The number of amides is 1. The van der Waals surface area contributed by atoms with Gasteiger partial charge in [0.2, 0.25) is 5.91 Å². The van der Waals surface area contributed by atoms with Crippen LogP contribution in [0, 0.1) is 0 Å². The largest absolute Gasteiger partial charge is 0.366 e. The van der Waals surface area contributed by atoms with E-state index < -0.39 is 0 Å². The van der Waals surface area contributed by atoms with E-state index in [0.29, 0.717) is 5.57 Å². The molecular formula is C7H11NO. The second-order valence-electron chi connectivity index (χ2n) is 2.00. The fraction of sp³-hybridized carbons (Fsp3) is 0.286. The highest BCUT2D eigenvalue weighted by molar-refractivity contribution is 5.94. The average molecular weight is 125 g/mol. The minimum Gasteiger partial charge on any atom is -0.366 e. The maximum Gasteiger partial charge on any atom is 0.248 e. The highest BCUT2D eigenvalue weighted by atomic mass is 16.1. The molecule has 50 valence electrons. The van der Waals surface area contributed by atoms with E-state index in [1.807, 2.05) is 12.2 Å². The van der Waals surface area contributed by atoms with Gasteiger partial charge < -0.3 is 5.73 Å². The van der Waals surface area contributed by atoms with E-state index in [9.17, 15) is 4.79 Å². The van der Waals surface area contributed by atoms with Crippen LogP contribution in [0.3, 0.4) is 0 Å². The second-order valence-corrected chi connectivity index (χ2v) is 2.00. The van der Waals surface area contributed by atoms with Crippen LogP contribution in [0.25, 0.3) is 0 Å². The lowest BCUT2D eigenvalue weighted by atomic mass is 10.1. The summed E-state index contributed by atoms with van der Waals surface area (Å²) in [6.07, 6.45) is 7.56. The molecule has 1 rings (SSSR count). The first-order valence-electron chi connectivity index (χ1n) is 2.97. The van der Waals surface area contributed by atoms with E-state index >= 15 is 0 Å². The first-order chi connectivity index (χ1) is 4.30. The molecular weight excluding hydrogens is 114 g/mol. The maximum atomic E-state index is 10.5. The Kier molecular flexibility index (Phi) is 1.68. The fourth-order valence-corrected chi connectivity index (χ4v) is 0.796. The van der Waals surface area contributed by atoms with Crippen LogP contribution in [0.5, 0.6) is 0 Å². The van der Waals surface area contributed by atoms with Gasteiger partial charge in [-0.25, -0.2) is 0 Å². The zero-order valence-electron chi connectivity index (χ0n) is 5.13. The van der Waals surface area contributed by atoms with Crippen molar-refractivity contribution in [3.05, 3.63) is 23.8 Å². The normalized spacial score (nSPS) is 17.1. The quantitative estimate of drug-likeness (QED) is 0.558. The van der Waals surface area contributed by atoms with Crippen LogP contribution < -0.4 is 5.73 Å². The molecule has 2 nitrogen and oxygen atoms in total. The van der Waals surface area contributed by atoms with Crippen LogP contribution >= 0.6 is 0 Å². The molecule has 0 spiro atoms. The summed E-state index contributed by atoms with van der Waals surface area (Å²) < 4.78 is 0. The second kappa shape index (κ2) is 2.49. The highest BCUT2D eigenvalue weighted by Crippen LogP contribution is 2.07. The third kappa shape index (κ3) is 1.42. The van der Waals surface area contributed by atoms with E-state index in [2.05, 4.69) is 0 Å². The SMILES string of the molecule is NC(=O)C1=CCCC=C1.[HH]. The topological polar surface area (TPSA) is 43.1 Å². The standard InChI is InChI=1S/C7H9NO.H2/c8-7(9)6-4-2-1-3-5-6;/h2,4-5H,1,3H2,(H2,8,9);1H. The van der Waals surface area contributed by atoms with Crippen LogP contribution in [0.15, 0.2) is 23.8 Å². The van der Waals surface area contributed by atoms with Crippen molar-refractivity contribution in [1.29, 1.82) is 0 Å². The van der Waals surface area contributed by atoms with Gasteiger partial charge in [0.05, 0.1) is 0 Å². The summed E-state index contributed by atoms with van der Waals surface area (Å²) in [4.78, 5) is 10.5. The van der Waals surface area contributed by atoms with Crippen molar-refractivity contribution < 1.29 is 6.22 Å². The van der Waals surface area contributed by atoms with Crippen molar-refractivity contribution in [1.82, 2.24) is 0 Å². The van der Waals surface area contributed by atoms with Gasteiger partial charge in [-0.2, -0.15) is 0 Å². The number of carbonyl (C=O) groups excluding carboxylic acids is 1. The number of nitrogens with two attached hydrogens (primary N) is 1. The summed E-state index contributed by atoms with van der Waals surface area (Å²) in [6, 6.07) is 0. The van der Waals surface area contributed by atoms with E-state index in [1.165, 1.54) is 0 Å². The summed E-state index contributed by atoms with van der Waals surface area (Å²) in [7, 11) is 0. The monoisotopic (exact) mass is 125 g/mol. The number of carbonyl (C=O) groups is 1. The molecule has 0 atom stereocenters. The van der Waals surface area contributed by atoms with Gasteiger partial charge in [-0.15, -0.1) is 0 Å². The molecule has 2 N–H and O–H groups in total. The van der Waals surface area contributed by atoms with Crippen LogP contribution in [-0.4, -0.2) is 5.91 Å². The van der Waals surface area contributed by atoms with Crippen LogP contribution in [-0.2, 0) is 4.79 Å². The summed E-state index contributed by atoms with van der Waals surface area (Å²) in [5.74, 6) is -0.328. The Morgan fingerprint density at radius 3 is 2.78 bits per heavy atom. The predicted molar refractivity (Wildman–Crippen MR) is 37.8 cm³/mol. The molecule has 9 heavy (non-hydrogen) atoms. The molecule has 0 bridgehead atoms. The van der Waals surface area contributed by atoms with Crippen molar-refractivity contribution in [2.75, 3.05) is 0 Å². The summed E-state index contributed by atoms with van der Waals surface area (Å²) >= 11 is 0. The summed E-state index contributed by atoms with van der Waals surface area (Å²) in [5, 5.41) is 0. The average Bonchev–Trinajstić information content (AvgIpc) is 1.90. The number of primary amides is 1. The lowest BCUT2D eigenvalue weighted by Crippen LogP contribution is -2.13. The van der Waals surface area contributed by atoms with Crippen LogP contribution in [0.2, 0.25) is 0 Å². The molecule has 1 aliphatic carbocycles. The van der Waals surface area contributed by atoms with E-state index in [0.717, 1.165) is 12.8 Å². The zero-order valence-corrected chi connectivity index (χ0v) is 5.13. The van der Waals surface area contributed by atoms with Crippen molar-refractivity contribution in [3.63, 3.8) is 0 Å². The van der Waals surface area contributed by atoms with Gasteiger partial charge in [-0.1, -0.05) is 18.2 Å². The summed E-state index contributed by atoms with van der Waals surface area (Å²) in [6.45, 7) is 0. The Hall–Kier alpha value is -1.05. The molecule has 0 saturated heterocycles. The lowest BCUT2D eigenvalue weighted by Gasteiger charge is -1.99. The molecule has 1 amide bonds. The highest BCUT2D eigenvalue weighted by Gasteiger charge is 2.01. The predicted octanol–water partition coefficient (Wildman–Crippen LogP) is 0.994. The van der Waals surface area contributed by atoms with Crippen molar-refractivity contribution in [2.45, 2.75) is 12.8 Å². The first kappa shape index (κ1) is 6.08. The minimum absolute atomic E-state index is 0. The molecule has 0 aromatic carbocycles. The molecule has 0 heterocycles. The smallest absolute Gasteiger partial charge is 0.248 e. The van der Waals surface area contributed by atoms with Crippen molar-refractivity contribution >= 4 is 5.91 Å². The molecule has 0 unspecified atom stereocenters. The number of allylic oxidation sites excluding steroid dienone is 2. The van der Waals surface area contributed by atoms with E-state index in [1.54, 1.807) is 6.08 Å². The Morgan fingerprint density at radius 1 is 1.67 bits per heavy atom. The molecule has 0 radical (unpaired) electrons. The van der Waals surface area contributed by atoms with Gasteiger partial charge >= 0.3 is 0 Å². The fourth-order valence-electron chi connectivity index (χ4n) is 0.796. The Morgan fingerprint density at radius 2 is 2.44 bits per heavy atom. The molecule has 2 heteroatoms. The lowest BCUT2D eigenvalue weighted by molar-refractivity contribution is -0.114. The Bertz CT molecular complexity index is 184. The molecule has 0 aromatic heterocycles. The molecule has 1 aliphatic rings. The van der Waals surface area contributed by atoms with Crippen LogP contribution in [0.4, 0.5) is 0 Å². The number of rotatable bonds is 1. The Labute approximate surface area is 55.5 Å². The number of hydrogen-bond donors (Lipinski definition) is 1. The minimum atomic E-state index is -0.328. The first-order valence-corrected chi connectivity index (χ1v) is 2.97. The number of hydrogen-bond acceptors (Lipinski definition) is 1. The van der Waals surface area contributed by atoms with Gasteiger partial charge in [0.1, 0.15) is 0 Å². The van der Waals surface area contributed by atoms with Gasteiger partial charge in [-0.05, 0) is 12.8 Å². The molecule has 0 fully saturated rings. The Balaban J connectivity index is 0.000000810. The molecule has 0 saturated carbocycles. The van der Waals surface area contributed by atoms with Crippen molar-refractivity contribution in [3.8, 4) is 0 Å². The van der Waals surface area contributed by atoms with Crippen LogP contribution in [0.1, 0.15) is 14.3 Å². The van der Waals surface area contributed by atoms with Crippen molar-refractivity contribution in [2.24, 2.45) is 5.73 Å².